The van der Waals surface area contributed by atoms with Crippen LogP contribution in [0.1, 0.15) is 42.8 Å². The molecule has 2 atom stereocenters. The van der Waals surface area contributed by atoms with Gasteiger partial charge in [0.25, 0.3) is 5.91 Å². The number of hydrogen-bond acceptors (Lipinski definition) is 3. The molecule has 4 nitrogen and oxygen atoms in total. The third kappa shape index (κ3) is 2.43. The van der Waals surface area contributed by atoms with Gasteiger partial charge in [-0.15, -0.1) is 0 Å². The normalized spacial score (nSPS) is 24.3. The van der Waals surface area contributed by atoms with Crippen molar-refractivity contribution in [1.29, 1.82) is 0 Å². The molecule has 0 bridgehead atoms. The van der Waals surface area contributed by atoms with Crippen LogP contribution in [-0.4, -0.2) is 35.1 Å². The SMILES string of the molecule is CCc1occc1C(=O)N1CCC(O)C(CC)C1. The molecule has 2 rings (SSSR count). The Balaban J connectivity index is 2.10. The summed E-state index contributed by atoms with van der Waals surface area (Å²) in [7, 11) is 0. The summed E-state index contributed by atoms with van der Waals surface area (Å²) in [5, 5.41) is 9.84. The van der Waals surface area contributed by atoms with Crippen LogP contribution in [-0.2, 0) is 6.42 Å². The van der Waals surface area contributed by atoms with Crippen molar-refractivity contribution in [1.82, 2.24) is 4.90 Å². The molecule has 1 N–H and O–H groups in total. The largest absolute Gasteiger partial charge is 0.469 e. The molecule has 1 aliphatic heterocycles. The highest BCUT2D eigenvalue weighted by Crippen LogP contribution is 2.23. The molecule has 1 aromatic rings. The predicted octanol–water partition coefficient (Wildman–Crippen LogP) is 2.08. The van der Waals surface area contributed by atoms with E-state index in [2.05, 4.69) is 6.92 Å². The number of piperidine rings is 1. The quantitative estimate of drug-likeness (QED) is 0.894. The van der Waals surface area contributed by atoms with Crippen molar-refractivity contribution in [3.8, 4) is 0 Å². The molecule has 1 fully saturated rings. The number of hydrogen-bond donors (Lipinski definition) is 1. The highest BCUT2D eigenvalue weighted by atomic mass is 16.3. The fraction of sp³-hybridized carbons (Fsp3) is 0.643. The molecule has 1 aliphatic rings. The number of rotatable bonds is 3. The molecule has 1 amide bonds. The Labute approximate surface area is 108 Å². The Morgan fingerprint density at radius 3 is 3.00 bits per heavy atom. The first-order valence-electron chi connectivity index (χ1n) is 6.71. The summed E-state index contributed by atoms with van der Waals surface area (Å²) in [6.45, 7) is 5.30. The fourth-order valence-corrected chi connectivity index (χ4v) is 2.58. The van der Waals surface area contributed by atoms with Gasteiger partial charge in [0.1, 0.15) is 5.76 Å². The maximum atomic E-state index is 12.4. The fourth-order valence-electron chi connectivity index (χ4n) is 2.58. The molecule has 100 valence electrons. The van der Waals surface area contributed by atoms with Crippen molar-refractivity contribution in [2.45, 2.75) is 39.2 Å². The zero-order valence-corrected chi connectivity index (χ0v) is 11.1. The van der Waals surface area contributed by atoms with Gasteiger partial charge in [-0.05, 0) is 18.9 Å². The monoisotopic (exact) mass is 251 g/mol. The van der Waals surface area contributed by atoms with E-state index in [1.165, 1.54) is 0 Å². The number of aliphatic hydroxyl groups is 1. The molecule has 1 saturated heterocycles. The second kappa shape index (κ2) is 5.57. The lowest BCUT2D eigenvalue weighted by Gasteiger charge is -2.35. The Bertz CT molecular complexity index is 413. The molecular weight excluding hydrogens is 230 g/mol. The van der Waals surface area contributed by atoms with Crippen molar-refractivity contribution in [3.63, 3.8) is 0 Å². The number of carbonyl (C=O) groups is 1. The van der Waals surface area contributed by atoms with Gasteiger partial charge < -0.3 is 14.4 Å². The Morgan fingerprint density at radius 2 is 2.33 bits per heavy atom. The molecule has 0 spiro atoms. The van der Waals surface area contributed by atoms with Gasteiger partial charge in [0.05, 0.1) is 17.9 Å². The van der Waals surface area contributed by atoms with Crippen LogP contribution in [0, 0.1) is 5.92 Å². The number of nitrogens with zero attached hydrogens (tertiary/aromatic N) is 1. The smallest absolute Gasteiger partial charge is 0.257 e. The van der Waals surface area contributed by atoms with Gasteiger partial charge in [0.15, 0.2) is 0 Å². The first-order chi connectivity index (χ1) is 8.67. The molecule has 4 heteroatoms. The van der Waals surface area contributed by atoms with Crippen molar-refractivity contribution in [2.75, 3.05) is 13.1 Å². The average molecular weight is 251 g/mol. The third-order valence-corrected chi connectivity index (χ3v) is 3.80. The predicted molar refractivity (Wildman–Crippen MR) is 68.4 cm³/mol. The van der Waals surface area contributed by atoms with Crippen molar-refractivity contribution < 1.29 is 14.3 Å². The number of aliphatic hydroxyl groups excluding tert-OH is 1. The number of amides is 1. The molecule has 0 radical (unpaired) electrons. The average Bonchev–Trinajstić information content (AvgIpc) is 2.86. The molecule has 1 aromatic heterocycles. The van der Waals surface area contributed by atoms with Crippen molar-refractivity contribution >= 4 is 5.91 Å². The van der Waals surface area contributed by atoms with Crippen LogP contribution in [0.2, 0.25) is 0 Å². The van der Waals surface area contributed by atoms with E-state index >= 15 is 0 Å². The Hall–Kier alpha value is -1.29. The lowest BCUT2D eigenvalue weighted by atomic mass is 9.92. The first-order valence-corrected chi connectivity index (χ1v) is 6.71. The van der Waals surface area contributed by atoms with Crippen LogP contribution in [0.4, 0.5) is 0 Å². The number of likely N-dealkylation sites (tertiary alicyclic amines) is 1. The summed E-state index contributed by atoms with van der Waals surface area (Å²) < 4.78 is 5.30. The van der Waals surface area contributed by atoms with Gasteiger partial charge in [-0.25, -0.2) is 0 Å². The van der Waals surface area contributed by atoms with Gasteiger partial charge in [-0.2, -0.15) is 0 Å². The number of carbonyl (C=O) groups excluding carboxylic acids is 1. The molecule has 18 heavy (non-hydrogen) atoms. The number of aryl methyl sites for hydroxylation is 1. The van der Waals surface area contributed by atoms with E-state index in [1.807, 2.05) is 11.8 Å². The van der Waals surface area contributed by atoms with Gasteiger partial charge in [0, 0.05) is 25.4 Å². The molecule has 0 saturated carbocycles. The Morgan fingerprint density at radius 1 is 1.56 bits per heavy atom. The lowest BCUT2D eigenvalue weighted by Crippen LogP contribution is -2.45. The van der Waals surface area contributed by atoms with Gasteiger partial charge in [-0.1, -0.05) is 13.8 Å². The second-order valence-corrected chi connectivity index (χ2v) is 4.89. The number of furan rings is 1. The van der Waals surface area contributed by atoms with Crippen LogP contribution in [0.15, 0.2) is 16.7 Å². The van der Waals surface area contributed by atoms with Crippen LogP contribution in [0.5, 0.6) is 0 Å². The van der Waals surface area contributed by atoms with Crippen LogP contribution >= 0.6 is 0 Å². The minimum absolute atomic E-state index is 0.0333. The minimum atomic E-state index is -0.269. The highest BCUT2D eigenvalue weighted by Gasteiger charge is 2.30. The van der Waals surface area contributed by atoms with E-state index in [4.69, 9.17) is 4.42 Å². The second-order valence-electron chi connectivity index (χ2n) is 4.89. The van der Waals surface area contributed by atoms with Crippen LogP contribution in [0.25, 0.3) is 0 Å². The maximum absolute atomic E-state index is 12.4. The third-order valence-electron chi connectivity index (χ3n) is 3.80. The van der Waals surface area contributed by atoms with Crippen LogP contribution < -0.4 is 0 Å². The molecular formula is C14H21NO3. The summed E-state index contributed by atoms with van der Waals surface area (Å²) in [5.74, 6) is 0.977. The van der Waals surface area contributed by atoms with E-state index in [1.54, 1.807) is 12.3 Å². The highest BCUT2D eigenvalue weighted by molar-refractivity contribution is 5.95. The van der Waals surface area contributed by atoms with Gasteiger partial charge in [0.2, 0.25) is 0 Å². The zero-order valence-electron chi connectivity index (χ0n) is 11.1. The zero-order chi connectivity index (χ0) is 13.1. The topological polar surface area (TPSA) is 53.7 Å². The van der Waals surface area contributed by atoms with E-state index in [9.17, 15) is 9.90 Å². The molecule has 2 unspecified atom stereocenters. The van der Waals surface area contributed by atoms with Crippen molar-refractivity contribution in [2.24, 2.45) is 5.92 Å². The molecule has 0 aromatic carbocycles. The molecule has 0 aliphatic carbocycles. The first kappa shape index (κ1) is 13.1. The Kier molecular flexibility index (Phi) is 4.07. The summed E-state index contributed by atoms with van der Waals surface area (Å²) >= 11 is 0. The maximum Gasteiger partial charge on any atom is 0.257 e. The minimum Gasteiger partial charge on any atom is -0.469 e. The molecule has 2 heterocycles. The summed E-state index contributed by atoms with van der Waals surface area (Å²) in [4.78, 5) is 14.2. The summed E-state index contributed by atoms with van der Waals surface area (Å²) in [6.07, 6.45) is 3.60. The van der Waals surface area contributed by atoms with E-state index < -0.39 is 0 Å². The van der Waals surface area contributed by atoms with E-state index in [0.717, 1.165) is 18.6 Å². The van der Waals surface area contributed by atoms with E-state index in [0.29, 0.717) is 25.1 Å². The van der Waals surface area contributed by atoms with Crippen molar-refractivity contribution in [3.05, 3.63) is 23.7 Å². The summed E-state index contributed by atoms with van der Waals surface area (Å²) in [6, 6.07) is 1.74. The standard InChI is InChI=1S/C14H21NO3/c1-3-10-9-15(7-5-12(10)16)14(17)11-6-8-18-13(11)4-2/h6,8,10,12,16H,3-5,7,9H2,1-2H3. The van der Waals surface area contributed by atoms with E-state index in [-0.39, 0.29) is 17.9 Å². The van der Waals surface area contributed by atoms with Gasteiger partial charge in [-0.3, -0.25) is 4.79 Å². The van der Waals surface area contributed by atoms with Crippen LogP contribution in [0.3, 0.4) is 0 Å². The summed E-state index contributed by atoms with van der Waals surface area (Å²) in [5.41, 5.74) is 0.670. The van der Waals surface area contributed by atoms with Gasteiger partial charge >= 0.3 is 0 Å². The lowest BCUT2D eigenvalue weighted by molar-refractivity contribution is 0.0228.